The Morgan fingerprint density at radius 2 is 1.87 bits per heavy atom. The minimum atomic E-state index is -5.05. The molecule has 12 heteroatoms. The van der Waals surface area contributed by atoms with E-state index in [9.17, 15) is 22.8 Å². The number of hydrogen-bond acceptors (Lipinski definition) is 6. The average molecular weight is 423 g/mol. The van der Waals surface area contributed by atoms with Crippen molar-refractivity contribution in [2.24, 2.45) is 23.0 Å². The van der Waals surface area contributed by atoms with Crippen LogP contribution in [0.2, 0.25) is 0 Å². The lowest BCUT2D eigenvalue weighted by atomic mass is 10.1. The van der Waals surface area contributed by atoms with Gasteiger partial charge in [-0.05, 0) is 37.5 Å². The van der Waals surface area contributed by atoms with Gasteiger partial charge in [0.25, 0.3) is 5.91 Å². The van der Waals surface area contributed by atoms with Gasteiger partial charge in [-0.2, -0.15) is 13.2 Å². The van der Waals surface area contributed by atoms with Crippen molar-refractivity contribution in [2.45, 2.75) is 25.4 Å². The molecular formula is C18H20F3N7O2. The molecule has 1 aliphatic rings. The number of carbonyl (C=O) groups is 2. The summed E-state index contributed by atoms with van der Waals surface area (Å²) in [5, 5.41) is 9.65. The first-order chi connectivity index (χ1) is 14.2. The van der Waals surface area contributed by atoms with E-state index in [1.54, 1.807) is 6.07 Å². The van der Waals surface area contributed by atoms with Gasteiger partial charge in [-0.3, -0.25) is 9.59 Å². The SMILES string of the molecule is Cn1c(C(N)=O)cnc1N=Nc1ccc(N2CCCCC2)cc1NC(=O)C(F)(F)F. The molecule has 2 amide bonds. The predicted octanol–water partition coefficient (Wildman–Crippen LogP) is 3.43. The normalized spacial score (nSPS) is 14.9. The van der Waals surface area contributed by atoms with Gasteiger partial charge < -0.3 is 20.5 Å². The number of primary amides is 1. The second-order valence-electron chi connectivity index (χ2n) is 6.77. The van der Waals surface area contributed by atoms with Crippen LogP contribution in [0.15, 0.2) is 34.6 Å². The van der Waals surface area contributed by atoms with E-state index in [2.05, 4.69) is 15.2 Å². The van der Waals surface area contributed by atoms with Crippen molar-refractivity contribution < 1.29 is 22.8 Å². The second-order valence-corrected chi connectivity index (χ2v) is 6.77. The highest BCUT2D eigenvalue weighted by Gasteiger charge is 2.39. The van der Waals surface area contributed by atoms with Crippen LogP contribution in [-0.4, -0.2) is 40.6 Å². The molecule has 0 radical (unpaired) electrons. The maximum Gasteiger partial charge on any atom is 0.471 e. The number of benzene rings is 1. The molecule has 3 rings (SSSR count). The van der Waals surface area contributed by atoms with Crippen molar-refractivity contribution in [3.63, 3.8) is 0 Å². The molecule has 0 saturated carbocycles. The third-order valence-corrected chi connectivity index (χ3v) is 4.67. The summed E-state index contributed by atoms with van der Waals surface area (Å²) >= 11 is 0. The standard InChI is InChI=1S/C18H20F3N7O2/c1-27-14(15(22)29)10-23-17(27)26-25-12-6-5-11(28-7-3-2-4-8-28)9-13(12)24-16(30)18(19,20)21/h5-6,9-10H,2-4,7-8H2,1H3,(H2,22,29)(H,24,30). The van der Waals surface area contributed by atoms with Gasteiger partial charge in [0.2, 0.25) is 5.95 Å². The topological polar surface area (TPSA) is 118 Å². The lowest BCUT2D eigenvalue weighted by Crippen LogP contribution is -2.31. The van der Waals surface area contributed by atoms with E-state index in [4.69, 9.17) is 5.73 Å². The molecule has 2 heterocycles. The van der Waals surface area contributed by atoms with Crippen LogP contribution in [0.3, 0.4) is 0 Å². The summed E-state index contributed by atoms with van der Waals surface area (Å²) in [6.45, 7) is 1.55. The molecule has 1 fully saturated rings. The van der Waals surface area contributed by atoms with E-state index < -0.39 is 18.0 Å². The van der Waals surface area contributed by atoms with Gasteiger partial charge in [0.15, 0.2) is 0 Å². The van der Waals surface area contributed by atoms with Crippen molar-refractivity contribution in [1.29, 1.82) is 0 Å². The highest BCUT2D eigenvalue weighted by atomic mass is 19.4. The Labute approximate surface area is 169 Å². The van der Waals surface area contributed by atoms with Crippen molar-refractivity contribution in [3.8, 4) is 0 Å². The van der Waals surface area contributed by atoms with E-state index in [0.717, 1.165) is 32.4 Å². The number of aromatic nitrogens is 2. The Bertz CT molecular complexity index is 979. The monoisotopic (exact) mass is 423 g/mol. The molecule has 30 heavy (non-hydrogen) atoms. The smallest absolute Gasteiger partial charge is 0.371 e. The van der Waals surface area contributed by atoms with Crippen LogP contribution < -0.4 is 16.0 Å². The molecule has 1 aliphatic heterocycles. The number of nitrogens with zero attached hydrogens (tertiary/aromatic N) is 5. The number of rotatable bonds is 5. The highest BCUT2D eigenvalue weighted by Crippen LogP contribution is 2.33. The number of azo groups is 1. The first-order valence-corrected chi connectivity index (χ1v) is 9.17. The number of nitrogens with one attached hydrogen (secondary N) is 1. The number of nitrogens with two attached hydrogens (primary N) is 1. The van der Waals surface area contributed by atoms with Crippen LogP contribution in [0.5, 0.6) is 0 Å². The van der Waals surface area contributed by atoms with Crippen LogP contribution >= 0.6 is 0 Å². The predicted molar refractivity (Wildman–Crippen MR) is 103 cm³/mol. The molecule has 0 unspecified atom stereocenters. The quantitative estimate of drug-likeness (QED) is 0.716. The number of halogens is 3. The number of piperidine rings is 1. The third kappa shape index (κ3) is 4.75. The molecule has 0 spiro atoms. The summed E-state index contributed by atoms with van der Waals surface area (Å²) in [5.74, 6) is -2.80. The Hall–Kier alpha value is -3.44. The summed E-state index contributed by atoms with van der Waals surface area (Å²) in [7, 11) is 1.49. The van der Waals surface area contributed by atoms with Gasteiger partial charge in [-0.25, -0.2) is 4.98 Å². The first kappa shape index (κ1) is 21.3. The van der Waals surface area contributed by atoms with Gasteiger partial charge in [0.1, 0.15) is 11.4 Å². The summed E-state index contributed by atoms with van der Waals surface area (Å²) < 4.78 is 39.6. The zero-order valence-corrected chi connectivity index (χ0v) is 16.1. The second kappa shape index (κ2) is 8.51. The minimum Gasteiger partial charge on any atom is -0.371 e. The molecule has 0 aliphatic carbocycles. The molecule has 9 nitrogen and oxygen atoms in total. The molecule has 3 N–H and O–H groups in total. The third-order valence-electron chi connectivity index (χ3n) is 4.67. The van der Waals surface area contributed by atoms with Gasteiger partial charge in [-0.15, -0.1) is 10.2 Å². The molecule has 0 bridgehead atoms. The highest BCUT2D eigenvalue weighted by molar-refractivity contribution is 5.98. The Morgan fingerprint density at radius 3 is 2.47 bits per heavy atom. The number of amides is 2. The summed E-state index contributed by atoms with van der Waals surface area (Å²) in [4.78, 5) is 28.7. The summed E-state index contributed by atoms with van der Waals surface area (Å²) in [6.07, 6.45) is -0.786. The van der Waals surface area contributed by atoms with E-state index in [1.165, 1.54) is 29.9 Å². The number of carbonyl (C=O) groups excluding carboxylic acids is 2. The van der Waals surface area contributed by atoms with Crippen molar-refractivity contribution in [1.82, 2.24) is 9.55 Å². The number of imidazole rings is 1. The zero-order chi connectivity index (χ0) is 21.9. The van der Waals surface area contributed by atoms with Crippen molar-refractivity contribution in [3.05, 3.63) is 30.1 Å². The van der Waals surface area contributed by atoms with E-state index >= 15 is 0 Å². The molecule has 2 aromatic rings. The van der Waals surface area contributed by atoms with Crippen molar-refractivity contribution in [2.75, 3.05) is 23.3 Å². The first-order valence-electron chi connectivity index (χ1n) is 9.17. The average Bonchev–Trinajstić information content (AvgIpc) is 3.07. The molecule has 1 aromatic carbocycles. The van der Waals surface area contributed by atoms with Gasteiger partial charge in [0, 0.05) is 25.8 Å². The number of alkyl halides is 3. The molecule has 1 aromatic heterocycles. The molecular weight excluding hydrogens is 403 g/mol. The maximum absolute atomic E-state index is 12.8. The lowest BCUT2D eigenvalue weighted by Gasteiger charge is -2.29. The summed E-state index contributed by atoms with van der Waals surface area (Å²) in [5.41, 5.74) is 5.86. The fourth-order valence-electron chi connectivity index (χ4n) is 3.07. The van der Waals surface area contributed by atoms with E-state index in [-0.39, 0.29) is 23.0 Å². The van der Waals surface area contributed by atoms with Gasteiger partial charge in [0.05, 0.1) is 11.9 Å². The van der Waals surface area contributed by atoms with Crippen LogP contribution in [0.25, 0.3) is 0 Å². The largest absolute Gasteiger partial charge is 0.471 e. The fourth-order valence-corrected chi connectivity index (χ4v) is 3.07. The fraction of sp³-hybridized carbons (Fsp3) is 0.389. The lowest BCUT2D eigenvalue weighted by molar-refractivity contribution is -0.167. The Balaban J connectivity index is 1.93. The molecule has 0 atom stereocenters. The van der Waals surface area contributed by atoms with Crippen LogP contribution in [0.4, 0.5) is 36.2 Å². The Kier molecular flexibility index (Phi) is 6.04. The zero-order valence-electron chi connectivity index (χ0n) is 16.1. The van der Waals surface area contributed by atoms with Crippen LogP contribution in [0, 0.1) is 0 Å². The van der Waals surface area contributed by atoms with Gasteiger partial charge >= 0.3 is 12.1 Å². The van der Waals surface area contributed by atoms with E-state index in [0.29, 0.717) is 5.69 Å². The van der Waals surface area contributed by atoms with Crippen LogP contribution in [0.1, 0.15) is 29.8 Å². The van der Waals surface area contributed by atoms with E-state index in [1.807, 2.05) is 10.2 Å². The number of hydrogen-bond donors (Lipinski definition) is 2. The minimum absolute atomic E-state index is 0.0111. The Morgan fingerprint density at radius 1 is 1.17 bits per heavy atom. The molecule has 1 saturated heterocycles. The maximum atomic E-state index is 12.8. The van der Waals surface area contributed by atoms with Gasteiger partial charge in [-0.1, -0.05) is 0 Å². The number of anilines is 2. The summed E-state index contributed by atoms with van der Waals surface area (Å²) in [6, 6.07) is 4.62. The van der Waals surface area contributed by atoms with Crippen LogP contribution in [-0.2, 0) is 11.8 Å². The van der Waals surface area contributed by atoms with Crippen molar-refractivity contribution >= 4 is 34.8 Å². The molecule has 160 valence electrons.